The van der Waals surface area contributed by atoms with E-state index in [0.717, 1.165) is 0 Å². The van der Waals surface area contributed by atoms with Crippen molar-refractivity contribution in [2.24, 2.45) is 11.7 Å². The summed E-state index contributed by atoms with van der Waals surface area (Å²) in [6, 6.07) is 8.30. The van der Waals surface area contributed by atoms with Crippen LogP contribution in [0.1, 0.15) is 37.0 Å². The lowest BCUT2D eigenvalue weighted by atomic mass is 9.98. The van der Waals surface area contributed by atoms with E-state index in [1.807, 2.05) is 19.9 Å². The molecule has 0 bridgehead atoms. The van der Waals surface area contributed by atoms with Crippen LogP contribution in [-0.2, 0) is 9.63 Å². The van der Waals surface area contributed by atoms with Gasteiger partial charge in [0.15, 0.2) is 0 Å². The van der Waals surface area contributed by atoms with E-state index in [-0.39, 0.29) is 11.7 Å². The molecule has 1 rings (SSSR count). The molecule has 1 atom stereocenters. The van der Waals surface area contributed by atoms with Crippen LogP contribution in [0.4, 0.5) is 0 Å². The lowest BCUT2D eigenvalue weighted by molar-refractivity contribution is -0.121. The Balaban J connectivity index is 2.17. The molecule has 0 aliphatic heterocycles. The Labute approximate surface area is 119 Å². The molecule has 0 saturated heterocycles. The van der Waals surface area contributed by atoms with Crippen LogP contribution in [0, 0.1) is 5.92 Å². The second kappa shape index (κ2) is 8.45. The Morgan fingerprint density at radius 3 is 2.50 bits per heavy atom. The van der Waals surface area contributed by atoms with Crippen molar-refractivity contribution in [1.29, 1.82) is 0 Å². The van der Waals surface area contributed by atoms with Crippen LogP contribution < -0.4 is 11.2 Å². The number of Topliss-reactive ketones (excluding diaryl/α,β-unsaturated/α-hetero) is 1. The van der Waals surface area contributed by atoms with Crippen molar-refractivity contribution in [3.05, 3.63) is 35.9 Å². The molecule has 0 aliphatic carbocycles. The number of nitrogens with two attached hydrogens (primary N) is 1. The predicted octanol–water partition coefficient (Wildman–Crippen LogP) is 1.68. The maximum Gasteiger partial charge on any atom is 0.356 e. The number of benzene rings is 1. The van der Waals surface area contributed by atoms with Crippen LogP contribution in [0.2, 0.25) is 0 Å². The minimum Gasteiger partial charge on any atom is -0.367 e. The third-order valence-electron chi connectivity index (χ3n) is 2.97. The molecule has 0 heterocycles. The summed E-state index contributed by atoms with van der Waals surface area (Å²) in [4.78, 5) is 28.1. The molecule has 5 nitrogen and oxygen atoms in total. The van der Waals surface area contributed by atoms with Crippen molar-refractivity contribution >= 4 is 11.8 Å². The third-order valence-corrected chi connectivity index (χ3v) is 2.97. The van der Waals surface area contributed by atoms with Gasteiger partial charge >= 0.3 is 5.97 Å². The van der Waals surface area contributed by atoms with Gasteiger partial charge in [0.25, 0.3) is 0 Å². The molecule has 0 amide bonds. The van der Waals surface area contributed by atoms with Crippen molar-refractivity contribution in [2.45, 2.75) is 32.7 Å². The van der Waals surface area contributed by atoms with Crippen LogP contribution in [0.15, 0.2) is 30.3 Å². The highest BCUT2D eigenvalue weighted by atomic mass is 16.7. The SMILES string of the molecule is CC(C)[C@H](N)C(=O)CCCNOC(=O)c1ccccc1. The van der Waals surface area contributed by atoms with E-state index in [2.05, 4.69) is 5.48 Å². The zero-order chi connectivity index (χ0) is 15.0. The molecular weight excluding hydrogens is 256 g/mol. The monoisotopic (exact) mass is 278 g/mol. The van der Waals surface area contributed by atoms with E-state index in [4.69, 9.17) is 10.6 Å². The molecule has 0 aromatic heterocycles. The number of nitrogens with one attached hydrogen (secondary N) is 1. The number of hydrogen-bond donors (Lipinski definition) is 2. The van der Waals surface area contributed by atoms with E-state index >= 15 is 0 Å². The quantitative estimate of drug-likeness (QED) is 0.558. The summed E-state index contributed by atoms with van der Waals surface area (Å²) in [6.45, 7) is 4.26. The zero-order valence-electron chi connectivity index (χ0n) is 12.0. The first-order valence-electron chi connectivity index (χ1n) is 6.79. The average molecular weight is 278 g/mol. The highest BCUT2D eigenvalue weighted by molar-refractivity contribution is 5.89. The van der Waals surface area contributed by atoms with Gasteiger partial charge < -0.3 is 10.6 Å². The molecule has 0 spiro atoms. The van der Waals surface area contributed by atoms with Crippen molar-refractivity contribution in [3.8, 4) is 0 Å². The number of carbonyl (C=O) groups is 2. The van der Waals surface area contributed by atoms with Gasteiger partial charge in [-0.05, 0) is 24.5 Å². The number of hydrogen-bond acceptors (Lipinski definition) is 5. The van der Waals surface area contributed by atoms with Gasteiger partial charge in [0.2, 0.25) is 0 Å². The largest absolute Gasteiger partial charge is 0.367 e. The van der Waals surface area contributed by atoms with Gasteiger partial charge in [-0.3, -0.25) is 4.79 Å². The molecule has 0 fully saturated rings. The fraction of sp³-hybridized carbons (Fsp3) is 0.467. The first kappa shape index (κ1) is 16.3. The first-order chi connectivity index (χ1) is 9.52. The summed E-state index contributed by atoms with van der Waals surface area (Å²) in [5, 5.41) is 0. The predicted molar refractivity (Wildman–Crippen MR) is 76.9 cm³/mol. The summed E-state index contributed by atoms with van der Waals surface area (Å²) in [5.74, 6) is -0.252. The number of ketones is 1. The molecular formula is C15H22N2O3. The smallest absolute Gasteiger partial charge is 0.356 e. The fourth-order valence-electron chi connectivity index (χ4n) is 1.62. The molecule has 0 saturated carbocycles. The van der Waals surface area contributed by atoms with Gasteiger partial charge in [-0.2, -0.15) is 5.48 Å². The fourth-order valence-corrected chi connectivity index (χ4v) is 1.62. The second-order valence-electron chi connectivity index (χ2n) is 4.99. The molecule has 0 aliphatic rings. The van der Waals surface area contributed by atoms with Crippen molar-refractivity contribution in [1.82, 2.24) is 5.48 Å². The standard InChI is InChI=1S/C15H22N2O3/c1-11(2)14(16)13(18)9-6-10-17-20-15(19)12-7-4-3-5-8-12/h3-5,7-8,11,14,17H,6,9-10,16H2,1-2H3/t14-/m0/s1. The van der Waals surface area contributed by atoms with Gasteiger partial charge in [0.1, 0.15) is 5.78 Å². The summed E-state index contributed by atoms with van der Waals surface area (Å²) in [5.41, 5.74) is 8.79. The van der Waals surface area contributed by atoms with Crippen LogP contribution >= 0.6 is 0 Å². The van der Waals surface area contributed by atoms with Crippen LogP contribution in [-0.4, -0.2) is 24.3 Å². The lowest BCUT2D eigenvalue weighted by Crippen LogP contribution is -2.35. The molecule has 0 unspecified atom stereocenters. The number of hydroxylamine groups is 1. The van der Waals surface area contributed by atoms with Gasteiger partial charge in [0, 0.05) is 13.0 Å². The molecule has 110 valence electrons. The highest BCUT2D eigenvalue weighted by Crippen LogP contribution is 2.04. The first-order valence-corrected chi connectivity index (χ1v) is 6.79. The van der Waals surface area contributed by atoms with Gasteiger partial charge in [-0.15, -0.1) is 0 Å². The summed E-state index contributed by atoms with van der Waals surface area (Å²) < 4.78 is 0. The minimum absolute atomic E-state index is 0.0381. The van der Waals surface area contributed by atoms with E-state index in [1.54, 1.807) is 24.3 Å². The van der Waals surface area contributed by atoms with Crippen molar-refractivity contribution in [2.75, 3.05) is 6.54 Å². The molecule has 20 heavy (non-hydrogen) atoms. The summed E-state index contributed by atoms with van der Waals surface area (Å²) >= 11 is 0. The second-order valence-corrected chi connectivity index (χ2v) is 4.99. The Morgan fingerprint density at radius 1 is 1.25 bits per heavy atom. The van der Waals surface area contributed by atoms with E-state index < -0.39 is 12.0 Å². The van der Waals surface area contributed by atoms with Crippen LogP contribution in [0.3, 0.4) is 0 Å². The molecule has 1 aromatic carbocycles. The van der Waals surface area contributed by atoms with Gasteiger partial charge in [0.05, 0.1) is 11.6 Å². The van der Waals surface area contributed by atoms with E-state index in [0.29, 0.717) is 24.9 Å². The number of rotatable bonds is 8. The third kappa shape index (κ3) is 5.50. The Kier molecular flexibility index (Phi) is 6.90. The molecule has 3 N–H and O–H groups in total. The lowest BCUT2D eigenvalue weighted by Gasteiger charge is -2.13. The number of carbonyl (C=O) groups excluding carboxylic acids is 2. The van der Waals surface area contributed by atoms with E-state index in [1.165, 1.54) is 0 Å². The summed E-state index contributed by atoms with van der Waals surface area (Å²) in [6.07, 6.45) is 0.969. The van der Waals surface area contributed by atoms with Crippen molar-refractivity contribution < 1.29 is 14.4 Å². The maximum atomic E-state index is 11.6. The average Bonchev–Trinajstić information content (AvgIpc) is 2.46. The Bertz CT molecular complexity index is 432. The Morgan fingerprint density at radius 2 is 1.90 bits per heavy atom. The van der Waals surface area contributed by atoms with Crippen molar-refractivity contribution in [3.63, 3.8) is 0 Å². The zero-order valence-corrected chi connectivity index (χ0v) is 12.0. The molecule has 5 heteroatoms. The van der Waals surface area contributed by atoms with Gasteiger partial charge in [-0.25, -0.2) is 4.79 Å². The molecule has 0 radical (unpaired) electrons. The normalized spacial score (nSPS) is 12.2. The maximum absolute atomic E-state index is 11.6. The minimum atomic E-state index is -0.434. The molecule has 1 aromatic rings. The Hall–Kier alpha value is -1.72. The van der Waals surface area contributed by atoms with Gasteiger partial charge in [-0.1, -0.05) is 32.0 Å². The summed E-state index contributed by atoms with van der Waals surface area (Å²) in [7, 11) is 0. The highest BCUT2D eigenvalue weighted by Gasteiger charge is 2.16. The topological polar surface area (TPSA) is 81.4 Å². The van der Waals surface area contributed by atoms with Crippen LogP contribution in [0.25, 0.3) is 0 Å². The van der Waals surface area contributed by atoms with Crippen LogP contribution in [0.5, 0.6) is 0 Å². The van der Waals surface area contributed by atoms with E-state index in [9.17, 15) is 9.59 Å².